The lowest BCUT2D eigenvalue weighted by atomic mass is 9.84. The Morgan fingerprint density at radius 3 is 1.30 bits per heavy atom. The van der Waals surface area contributed by atoms with Gasteiger partial charge in [0.15, 0.2) is 0 Å². The molecule has 1 atom stereocenters. The zero-order valence-corrected chi connectivity index (χ0v) is 56.5. The molecule has 5 aliphatic heterocycles. The lowest BCUT2D eigenvalue weighted by Gasteiger charge is -2.23. The second-order valence-electron chi connectivity index (χ2n) is 29.8. The molecule has 3 aromatic heterocycles. The number of carbonyl (C=O) groups is 1. The van der Waals surface area contributed by atoms with Crippen LogP contribution in [0.15, 0.2) is 102 Å². The van der Waals surface area contributed by atoms with Gasteiger partial charge in [0.1, 0.15) is 18.2 Å². The number of nitrogens with zero attached hydrogens (tertiary/aromatic N) is 7. The van der Waals surface area contributed by atoms with E-state index in [1.165, 1.54) is 62.6 Å². The molecule has 5 aliphatic rings. The highest BCUT2D eigenvalue weighted by molar-refractivity contribution is 6.01. The van der Waals surface area contributed by atoms with E-state index in [4.69, 9.17) is 9.26 Å². The van der Waals surface area contributed by atoms with Gasteiger partial charge in [-0.3, -0.25) is 25.1 Å². The third-order valence-corrected chi connectivity index (χ3v) is 13.2. The summed E-state index contributed by atoms with van der Waals surface area (Å²) in [6.07, 6.45) is 16.8. The number of H-pyrrole nitrogens is 2. The quantitative estimate of drug-likeness (QED) is 0.213. The number of aromatic amines is 2. The largest absolute Gasteiger partial charge is 0.454 e. The molecule has 12 nitrogen and oxygen atoms in total. The molecule has 8 rings (SSSR count). The number of ether oxygens (including phenoxy) is 1. The summed E-state index contributed by atoms with van der Waals surface area (Å²) in [5, 5.41) is 10.9. The maximum Gasteiger partial charge on any atom is 0.331 e. The van der Waals surface area contributed by atoms with Crippen molar-refractivity contribution in [3.05, 3.63) is 112 Å². The third kappa shape index (κ3) is 26.8. The molecule has 0 amide bonds. The molecule has 0 saturated carbocycles. The summed E-state index contributed by atoms with van der Waals surface area (Å²) in [6.45, 7) is 69.1. The highest BCUT2D eigenvalue weighted by Gasteiger charge is 2.29. The van der Waals surface area contributed by atoms with Crippen LogP contribution < -0.4 is 0 Å². The van der Waals surface area contributed by atoms with Gasteiger partial charge in [-0.15, -0.1) is 0 Å². The Morgan fingerprint density at radius 1 is 0.600 bits per heavy atom. The number of rotatable bonds is 0. The van der Waals surface area contributed by atoms with Crippen LogP contribution in [0.3, 0.4) is 0 Å². The van der Waals surface area contributed by atoms with Crippen LogP contribution in [0, 0.1) is 47.8 Å². The van der Waals surface area contributed by atoms with Crippen molar-refractivity contribution in [1.82, 2.24) is 25.3 Å². The van der Waals surface area contributed by atoms with E-state index in [1.807, 2.05) is 53.8 Å². The van der Waals surface area contributed by atoms with Crippen molar-refractivity contribution in [3.8, 4) is 0 Å². The fraction of sp³-hybridized carbons (Fsp3) is 0.647. The summed E-state index contributed by atoms with van der Waals surface area (Å²) in [5.41, 5.74) is 17.6. The summed E-state index contributed by atoms with van der Waals surface area (Å²) in [4.78, 5) is 35.3. The Morgan fingerprint density at radius 2 is 1.12 bits per heavy atom. The van der Waals surface area contributed by atoms with Crippen LogP contribution in [0.2, 0.25) is 0 Å². The Labute approximate surface area is 487 Å². The first-order valence-electron chi connectivity index (χ1n) is 28.8. The number of nitrogens with one attached hydrogen (secondary N) is 2. The van der Waals surface area contributed by atoms with Crippen molar-refractivity contribution in [2.24, 2.45) is 47.0 Å². The summed E-state index contributed by atoms with van der Waals surface area (Å²) < 4.78 is 9.80. The van der Waals surface area contributed by atoms with E-state index in [1.54, 1.807) is 6.26 Å². The van der Waals surface area contributed by atoms with Gasteiger partial charge in [-0.25, -0.2) is 9.78 Å². The Bertz CT molecular complexity index is 2640. The molecule has 1 unspecified atom stereocenters. The van der Waals surface area contributed by atoms with Gasteiger partial charge < -0.3 is 14.2 Å². The summed E-state index contributed by atoms with van der Waals surface area (Å²) >= 11 is 0. The van der Waals surface area contributed by atoms with Crippen molar-refractivity contribution in [3.63, 3.8) is 0 Å². The Hall–Kier alpha value is -5.52. The van der Waals surface area contributed by atoms with Gasteiger partial charge in [0, 0.05) is 85.8 Å². The number of cyclic esters (lactones) is 1. The van der Waals surface area contributed by atoms with Gasteiger partial charge in [0.05, 0.1) is 31.0 Å². The first-order valence-corrected chi connectivity index (χ1v) is 28.8. The minimum Gasteiger partial charge on any atom is -0.454 e. The topological polar surface area (TPSA) is 159 Å². The zero-order chi connectivity index (χ0) is 62.2. The molecule has 448 valence electrons. The number of aryl methyl sites for hydroxylation is 3. The number of imidazole rings is 1. The van der Waals surface area contributed by atoms with E-state index in [-0.39, 0.29) is 50.0 Å². The molecule has 80 heavy (non-hydrogen) atoms. The van der Waals surface area contributed by atoms with Crippen molar-refractivity contribution in [2.45, 2.75) is 243 Å². The molecule has 2 N–H and O–H groups in total. The van der Waals surface area contributed by atoms with E-state index < -0.39 is 0 Å². The maximum absolute atomic E-state index is 10.6. The van der Waals surface area contributed by atoms with Crippen LogP contribution in [-0.2, 0) is 25.8 Å². The molecular weight excluding hydrogens is 991 g/mol. The molecular formula is C68H113N9O3. The van der Waals surface area contributed by atoms with Crippen LogP contribution in [0.4, 0.5) is 0 Å². The van der Waals surface area contributed by atoms with Crippen LogP contribution >= 0.6 is 0 Å². The second-order valence-corrected chi connectivity index (χ2v) is 29.8. The van der Waals surface area contributed by atoms with E-state index in [0.717, 1.165) is 49.0 Å². The molecule has 0 aromatic carbocycles. The number of allylic oxidation sites excluding steroid dienone is 5. The second kappa shape index (κ2) is 29.5. The minimum absolute atomic E-state index is 0.0304. The molecule has 12 heteroatoms. The van der Waals surface area contributed by atoms with Gasteiger partial charge in [-0.05, 0) is 105 Å². The van der Waals surface area contributed by atoms with Crippen molar-refractivity contribution in [1.29, 1.82) is 0 Å². The number of aromatic nitrogens is 5. The van der Waals surface area contributed by atoms with Crippen LogP contribution in [0.5, 0.6) is 0 Å². The molecule has 0 bridgehead atoms. The van der Waals surface area contributed by atoms with Gasteiger partial charge in [-0.1, -0.05) is 190 Å². The highest BCUT2D eigenvalue weighted by Crippen LogP contribution is 2.32. The zero-order valence-electron chi connectivity index (χ0n) is 56.5. The van der Waals surface area contributed by atoms with Crippen molar-refractivity contribution >= 4 is 28.8 Å². The van der Waals surface area contributed by atoms with Crippen molar-refractivity contribution in [2.75, 3.05) is 19.6 Å². The van der Waals surface area contributed by atoms with E-state index >= 15 is 0 Å². The SMILES string of the molecule is CC(C)(C)C1C=CC(=O)O1.CC1=NC(C(C)(C)C)=CC1.CC1=NCC(C(C)(C)C)=C1.CC1=NCC=C1C(C)(C)C.CC1=NCC=C1C(C)(C)C.Cc1cc(C(C)(C)C)n[nH]1.Cc1ncc(C(C)(C)C)[nH]1.Cc1nocc1C(C)(C)C. The fourth-order valence-electron chi connectivity index (χ4n) is 8.18. The first kappa shape index (κ1) is 72.5. The molecule has 0 radical (unpaired) electrons. The van der Waals surface area contributed by atoms with Gasteiger partial charge >= 0.3 is 5.97 Å². The lowest BCUT2D eigenvalue weighted by molar-refractivity contribution is -0.142. The van der Waals surface area contributed by atoms with Crippen LogP contribution in [0.1, 0.15) is 234 Å². The normalized spacial score (nSPS) is 17.0. The molecule has 0 fully saturated rings. The average molecular weight is 1100 g/mol. The van der Waals surface area contributed by atoms with E-state index in [0.29, 0.717) is 5.41 Å². The van der Waals surface area contributed by atoms with Gasteiger partial charge in [0.2, 0.25) is 0 Å². The van der Waals surface area contributed by atoms with E-state index in [2.05, 4.69) is 249 Å². The van der Waals surface area contributed by atoms with Crippen LogP contribution in [0.25, 0.3) is 0 Å². The Balaban J connectivity index is 0.000000457. The molecule has 3 aromatic rings. The predicted octanol–water partition coefficient (Wildman–Crippen LogP) is 17.9. The molecule has 0 saturated heterocycles. The number of hydrogen-bond donors (Lipinski definition) is 2. The number of carbonyl (C=O) groups excluding carboxylic acids is 1. The number of hydrogen-bond acceptors (Lipinski definition) is 10. The minimum atomic E-state index is -0.222. The summed E-state index contributed by atoms with van der Waals surface area (Å²) in [5.74, 6) is 0.768. The summed E-state index contributed by atoms with van der Waals surface area (Å²) in [7, 11) is 0. The first-order chi connectivity index (χ1) is 36.0. The maximum atomic E-state index is 10.6. The third-order valence-electron chi connectivity index (χ3n) is 13.2. The van der Waals surface area contributed by atoms with Crippen LogP contribution in [-0.4, -0.2) is 79.9 Å². The Kier molecular flexibility index (Phi) is 26.7. The van der Waals surface area contributed by atoms with Gasteiger partial charge in [0.25, 0.3) is 0 Å². The van der Waals surface area contributed by atoms with Crippen molar-refractivity contribution < 1.29 is 14.1 Å². The number of aliphatic imine (C=N–C) groups is 4. The van der Waals surface area contributed by atoms with E-state index in [9.17, 15) is 4.79 Å². The number of esters is 1. The highest BCUT2D eigenvalue weighted by atomic mass is 16.5. The summed E-state index contributed by atoms with van der Waals surface area (Å²) in [6, 6.07) is 2.08. The molecule has 0 spiro atoms. The van der Waals surface area contributed by atoms with Gasteiger partial charge in [-0.2, -0.15) is 5.10 Å². The molecule has 0 aliphatic carbocycles. The lowest BCUT2D eigenvalue weighted by Crippen LogP contribution is -2.25. The fourth-order valence-corrected chi connectivity index (χ4v) is 8.18. The monoisotopic (exact) mass is 1100 g/mol. The smallest absolute Gasteiger partial charge is 0.331 e. The standard InChI is InChI=1S/4C9H15N.2C8H14N2.C8H13NO.C8H12O2/c1-7-5-8(6-10-7)9(2,3)4;2*1-7-8(5-6-10-7)9(2,3)4;1-7-5-6-8(10-7)9(2,3)4;1-6-9-5-7(10-6)8(2,3)4;1-6-5-7(10-9-6)8(2,3)4;1-6-7(5-10-9-6)8(2,3)4;1-8(2,3)6-4-5-7(9)10-6/h3*5H,6H2,1-4H3;6H,5H2,1-4H3;2*5H,1-4H3,(H,9,10);5H,1-4H3;4-6H,1-3H3. The molecule has 8 heterocycles. The predicted molar refractivity (Wildman–Crippen MR) is 344 cm³/mol. The average Bonchev–Trinajstić information content (AvgIpc) is 4.11.